The molecule has 0 aliphatic carbocycles. The molecular formula is C14H19BrN2O3S. The van der Waals surface area contributed by atoms with Crippen LogP contribution in [0.15, 0.2) is 29.2 Å². The zero-order valence-corrected chi connectivity index (χ0v) is 14.3. The minimum Gasteiger partial charge on any atom is -0.325 e. The number of benzene rings is 1. The lowest BCUT2D eigenvalue weighted by molar-refractivity contribution is -0.115. The van der Waals surface area contributed by atoms with Crippen molar-refractivity contribution in [2.75, 3.05) is 18.4 Å². The first-order valence-electron chi connectivity index (χ1n) is 7.00. The molecule has 1 amide bonds. The van der Waals surface area contributed by atoms with E-state index in [1.807, 2.05) is 6.92 Å². The highest BCUT2D eigenvalue weighted by Crippen LogP contribution is 2.23. The number of carbonyl (C=O) groups excluding carboxylic acids is 1. The van der Waals surface area contributed by atoms with Crippen LogP contribution in [0.5, 0.6) is 0 Å². The minimum atomic E-state index is -3.45. The second-order valence-electron chi connectivity index (χ2n) is 5.00. The number of hydrogen-bond acceptors (Lipinski definition) is 3. The lowest BCUT2D eigenvalue weighted by Gasteiger charge is -2.16. The summed E-state index contributed by atoms with van der Waals surface area (Å²) in [4.78, 5) is 11.8. The molecule has 1 N–H and O–H groups in total. The summed E-state index contributed by atoms with van der Waals surface area (Å²) in [7, 11) is -3.45. The van der Waals surface area contributed by atoms with Crippen molar-refractivity contribution in [3.63, 3.8) is 0 Å². The van der Waals surface area contributed by atoms with Crippen LogP contribution in [-0.4, -0.2) is 36.5 Å². The van der Waals surface area contributed by atoms with E-state index in [1.54, 1.807) is 18.2 Å². The Morgan fingerprint density at radius 1 is 1.38 bits per heavy atom. The fourth-order valence-corrected chi connectivity index (χ4v) is 3.90. The summed E-state index contributed by atoms with van der Waals surface area (Å²) < 4.78 is 26.4. The average molecular weight is 375 g/mol. The molecule has 1 heterocycles. The highest BCUT2D eigenvalue weighted by molar-refractivity contribution is 9.10. The van der Waals surface area contributed by atoms with Crippen LogP contribution in [0.3, 0.4) is 0 Å². The summed E-state index contributed by atoms with van der Waals surface area (Å²) in [5, 5.41) is 2.73. The van der Waals surface area contributed by atoms with E-state index in [0.29, 0.717) is 25.2 Å². The number of sulfonamides is 1. The number of anilines is 1. The van der Waals surface area contributed by atoms with Crippen LogP contribution in [-0.2, 0) is 14.8 Å². The normalized spacial score (nSPS) is 17.6. The van der Waals surface area contributed by atoms with E-state index in [2.05, 4.69) is 21.2 Å². The van der Waals surface area contributed by atoms with Gasteiger partial charge in [0.2, 0.25) is 15.9 Å². The Kier molecular flexibility index (Phi) is 5.40. The van der Waals surface area contributed by atoms with Gasteiger partial charge in [0.1, 0.15) is 0 Å². The van der Waals surface area contributed by atoms with E-state index in [1.165, 1.54) is 10.4 Å². The van der Waals surface area contributed by atoms with Gasteiger partial charge in [-0.1, -0.05) is 28.9 Å². The largest absolute Gasteiger partial charge is 0.325 e. The number of nitrogens with one attached hydrogen (secondary N) is 1. The van der Waals surface area contributed by atoms with Crippen LogP contribution < -0.4 is 5.32 Å². The molecule has 21 heavy (non-hydrogen) atoms. The van der Waals surface area contributed by atoms with E-state index in [0.717, 1.165) is 12.8 Å². The van der Waals surface area contributed by atoms with Crippen LogP contribution in [0, 0.1) is 0 Å². The van der Waals surface area contributed by atoms with Crippen molar-refractivity contribution in [1.82, 2.24) is 4.31 Å². The van der Waals surface area contributed by atoms with Gasteiger partial charge in [0.25, 0.3) is 0 Å². The zero-order valence-electron chi connectivity index (χ0n) is 11.9. The van der Waals surface area contributed by atoms with Crippen molar-refractivity contribution in [3.05, 3.63) is 24.3 Å². The van der Waals surface area contributed by atoms with Gasteiger partial charge in [-0.2, -0.15) is 4.31 Å². The topological polar surface area (TPSA) is 66.5 Å². The molecule has 0 spiro atoms. The standard InChI is InChI=1S/C14H19BrN2O3S/c1-2-13(15)14(18)16-11-6-5-7-12(10-11)21(19,20)17-8-3-4-9-17/h5-7,10,13H,2-4,8-9H2,1H3,(H,16,18). The Balaban J connectivity index is 2.19. The highest BCUT2D eigenvalue weighted by atomic mass is 79.9. The molecule has 1 aromatic carbocycles. The lowest BCUT2D eigenvalue weighted by atomic mass is 10.3. The van der Waals surface area contributed by atoms with Gasteiger partial charge in [-0.25, -0.2) is 8.42 Å². The van der Waals surface area contributed by atoms with Gasteiger partial charge in [-0.15, -0.1) is 0 Å². The number of alkyl halides is 1. The Labute approximate surface area is 133 Å². The van der Waals surface area contributed by atoms with Crippen molar-refractivity contribution in [3.8, 4) is 0 Å². The monoisotopic (exact) mass is 374 g/mol. The zero-order chi connectivity index (χ0) is 15.5. The van der Waals surface area contributed by atoms with Gasteiger partial charge in [0, 0.05) is 18.8 Å². The number of rotatable bonds is 5. The Bertz CT molecular complexity index is 612. The molecule has 0 bridgehead atoms. The fraction of sp³-hybridized carbons (Fsp3) is 0.500. The van der Waals surface area contributed by atoms with Crippen molar-refractivity contribution < 1.29 is 13.2 Å². The van der Waals surface area contributed by atoms with Crippen LogP contribution >= 0.6 is 15.9 Å². The summed E-state index contributed by atoms with van der Waals surface area (Å²) in [6, 6.07) is 6.42. The molecular weight excluding hydrogens is 356 g/mol. The van der Waals surface area contributed by atoms with Crippen molar-refractivity contribution >= 4 is 37.5 Å². The smallest absolute Gasteiger partial charge is 0.243 e. The predicted octanol–water partition coefficient (Wildman–Crippen LogP) is 2.58. The Morgan fingerprint density at radius 3 is 2.67 bits per heavy atom. The summed E-state index contributed by atoms with van der Waals surface area (Å²) >= 11 is 3.27. The van der Waals surface area contributed by atoms with Gasteiger partial charge in [-0.05, 0) is 37.5 Å². The first kappa shape index (κ1) is 16.5. The SMILES string of the molecule is CCC(Br)C(=O)Nc1cccc(S(=O)(=O)N2CCCC2)c1. The van der Waals surface area contributed by atoms with Crippen LogP contribution in [0.2, 0.25) is 0 Å². The molecule has 2 rings (SSSR count). The van der Waals surface area contributed by atoms with Gasteiger partial charge in [0.15, 0.2) is 0 Å². The van der Waals surface area contributed by atoms with Gasteiger partial charge in [0.05, 0.1) is 9.72 Å². The summed E-state index contributed by atoms with van der Waals surface area (Å²) in [6.07, 6.45) is 2.46. The molecule has 1 unspecified atom stereocenters. The molecule has 0 radical (unpaired) electrons. The van der Waals surface area contributed by atoms with Crippen LogP contribution in [0.25, 0.3) is 0 Å². The molecule has 1 atom stereocenters. The Hall–Kier alpha value is -0.920. The molecule has 1 aliphatic rings. The number of hydrogen-bond donors (Lipinski definition) is 1. The maximum Gasteiger partial charge on any atom is 0.243 e. The maximum atomic E-state index is 12.5. The predicted molar refractivity (Wildman–Crippen MR) is 86.1 cm³/mol. The first-order chi connectivity index (χ1) is 9.95. The maximum absolute atomic E-state index is 12.5. The summed E-state index contributed by atoms with van der Waals surface area (Å²) in [5.41, 5.74) is 0.498. The molecule has 116 valence electrons. The molecule has 1 saturated heterocycles. The lowest BCUT2D eigenvalue weighted by Crippen LogP contribution is -2.28. The number of halogens is 1. The average Bonchev–Trinajstić information content (AvgIpc) is 3.01. The van der Waals surface area contributed by atoms with Gasteiger partial charge in [-0.3, -0.25) is 4.79 Å². The number of amides is 1. The third-order valence-electron chi connectivity index (χ3n) is 3.45. The quantitative estimate of drug-likeness (QED) is 0.805. The van der Waals surface area contributed by atoms with Crippen molar-refractivity contribution in [1.29, 1.82) is 0 Å². The van der Waals surface area contributed by atoms with Gasteiger partial charge >= 0.3 is 0 Å². The van der Waals surface area contributed by atoms with Crippen molar-refractivity contribution in [2.24, 2.45) is 0 Å². The van der Waals surface area contributed by atoms with E-state index >= 15 is 0 Å². The third kappa shape index (κ3) is 3.84. The van der Waals surface area contributed by atoms with Crippen molar-refractivity contribution in [2.45, 2.75) is 35.9 Å². The van der Waals surface area contributed by atoms with E-state index in [9.17, 15) is 13.2 Å². The molecule has 5 nitrogen and oxygen atoms in total. The van der Waals surface area contributed by atoms with Crippen LogP contribution in [0.4, 0.5) is 5.69 Å². The Morgan fingerprint density at radius 2 is 2.05 bits per heavy atom. The molecule has 0 aromatic heterocycles. The molecule has 0 saturated carbocycles. The van der Waals surface area contributed by atoms with E-state index < -0.39 is 10.0 Å². The molecule has 1 fully saturated rings. The number of nitrogens with zero attached hydrogens (tertiary/aromatic N) is 1. The second kappa shape index (κ2) is 6.89. The van der Waals surface area contributed by atoms with E-state index in [-0.39, 0.29) is 15.6 Å². The summed E-state index contributed by atoms with van der Waals surface area (Å²) in [5.74, 6) is -0.173. The van der Waals surface area contributed by atoms with Crippen LogP contribution in [0.1, 0.15) is 26.2 Å². The molecule has 7 heteroatoms. The van der Waals surface area contributed by atoms with Gasteiger partial charge < -0.3 is 5.32 Å². The fourth-order valence-electron chi connectivity index (χ4n) is 2.22. The summed E-state index contributed by atoms with van der Waals surface area (Å²) in [6.45, 7) is 3.03. The molecule has 1 aliphatic heterocycles. The second-order valence-corrected chi connectivity index (χ2v) is 8.05. The number of carbonyl (C=O) groups is 1. The molecule has 1 aromatic rings. The van der Waals surface area contributed by atoms with E-state index in [4.69, 9.17) is 0 Å². The third-order valence-corrected chi connectivity index (χ3v) is 6.41. The highest BCUT2D eigenvalue weighted by Gasteiger charge is 2.27. The minimum absolute atomic E-state index is 0.173. The first-order valence-corrected chi connectivity index (χ1v) is 9.36.